The molecule has 0 aliphatic heterocycles. The number of carbonyl (C=O) groups excluding carboxylic acids is 1. The summed E-state index contributed by atoms with van der Waals surface area (Å²) in [5.41, 5.74) is -0.346. The van der Waals surface area contributed by atoms with Crippen LogP contribution in [0.25, 0.3) is 0 Å². The van der Waals surface area contributed by atoms with Crippen LogP contribution in [0.1, 0.15) is 10.4 Å². The molecule has 9 heteroatoms. The van der Waals surface area contributed by atoms with Gasteiger partial charge in [-0.05, 0) is 30.3 Å². The van der Waals surface area contributed by atoms with Gasteiger partial charge < -0.3 is 4.74 Å². The summed E-state index contributed by atoms with van der Waals surface area (Å²) in [5.74, 6) is -1.65. The third-order valence-electron chi connectivity index (χ3n) is 2.84. The molecular weight excluding hydrogens is 368 g/mol. The predicted octanol–water partition coefficient (Wildman–Crippen LogP) is 3.72. The number of anilines is 1. The topological polar surface area (TPSA) is 72.5 Å². The van der Waals surface area contributed by atoms with Crippen molar-refractivity contribution in [3.05, 3.63) is 57.8 Å². The van der Waals surface area contributed by atoms with E-state index in [1.165, 1.54) is 30.3 Å². The second kappa shape index (κ2) is 6.74. The summed E-state index contributed by atoms with van der Waals surface area (Å²) in [7, 11) is -3.08. The normalized spacial score (nSPS) is 11.1. The highest BCUT2D eigenvalue weighted by Gasteiger charge is 2.22. The number of hydrogen-bond acceptors (Lipinski definition) is 4. The second-order valence-electron chi connectivity index (χ2n) is 4.34. The molecule has 0 radical (unpaired) electrons. The molecule has 0 aromatic heterocycles. The van der Waals surface area contributed by atoms with Crippen LogP contribution in [0.5, 0.6) is 0 Å². The van der Waals surface area contributed by atoms with Gasteiger partial charge in [-0.15, -0.1) is 0 Å². The van der Waals surface area contributed by atoms with Gasteiger partial charge in [0.2, 0.25) is 0 Å². The molecule has 2 aromatic rings. The molecule has 0 aliphatic rings. The smallest absolute Gasteiger partial charge is 0.337 e. The van der Waals surface area contributed by atoms with Crippen LogP contribution in [0.3, 0.4) is 0 Å². The molecule has 0 atom stereocenters. The first-order chi connectivity index (χ1) is 10.8. The zero-order valence-corrected chi connectivity index (χ0v) is 14.0. The molecule has 122 valence electrons. The lowest BCUT2D eigenvalue weighted by atomic mass is 10.2. The average Bonchev–Trinajstić information content (AvgIpc) is 2.51. The van der Waals surface area contributed by atoms with Crippen molar-refractivity contribution in [1.82, 2.24) is 0 Å². The van der Waals surface area contributed by atoms with Crippen LogP contribution in [-0.4, -0.2) is 21.5 Å². The molecule has 23 heavy (non-hydrogen) atoms. The Morgan fingerprint density at radius 3 is 2.52 bits per heavy atom. The van der Waals surface area contributed by atoms with Gasteiger partial charge in [0.15, 0.2) is 5.82 Å². The van der Waals surface area contributed by atoms with Gasteiger partial charge in [-0.2, -0.15) is 0 Å². The number of rotatable bonds is 4. The molecule has 0 saturated heterocycles. The van der Waals surface area contributed by atoms with Gasteiger partial charge in [0.25, 0.3) is 10.0 Å². The van der Waals surface area contributed by atoms with Gasteiger partial charge in [-0.1, -0.05) is 29.3 Å². The summed E-state index contributed by atoms with van der Waals surface area (Å²) in [6, 6.07) is 7.45. The first-order valence-electron chi connectivity index (χ1n) is 6.11. The van der Waals surface area contributed by atoms with E-state index in [2.05, 4.69) is 4.74 Å². The van der Waals surface area contributed by atoms with E-state index in [0.717, 1.165) is 13.2 Å². The van der Waals surface area contributed by atoms with E-state index >= 15 is 0 Å². The lowest BCUT2D eigenvalue weighted by molar-refractivity contribution is 0.0600. The van der Waals surface area contributed by atoms with Crippen LogP contribution in [0, 0.1) is 5.82 Å². The van der Waals surface area contributed by atoms with Gasteiger partial charge >= 0.3 is 5.97 Å². The van der Waals surface area contributed by atoms with E-state index in [1.54, 1.807) is 0 Å². The number of benzene rings is 2. The Balaban J connectivity index is 2.47. The second-order valence-corrected chi connectivity index (χ2v) is 6.81. The van der Waals surface area contributed by atoms with E-state index in [4.69, 9.17) is 23.2 Å². The maximum Gasteiger partial charge on any atom is 0.337 e. The molecule has 0 fully saturated rings. The van der Waals surface area contributed by atoms with Gasteiger partial charge in [0, 0.05) is 0 Å². The van der Waals surface area contributed by atoms with E-state index < -0.39 is 21.8 Å². The lowest BCUT2D eigenvalue weighted by Crippen LogP contribution is -2.15. The average molecular weight is 378 g/mol. The third-order valence-corrected chi connectivity index (χ3v) is 4.98. The van der Waals surface area contributed by atoms with Crippen molar-refractivity contribution in [3.8, 4) is 0 Å². The summed E-state index contributed by atoms with van der Waals surface area (Å²) in [6.07, 6.45) is 0. The van der Waals surface area contributed by atoms with Crippen molar-refractivity contribution >= 4 is 44.9 Å². The van der Waals surface area contributed by atoms with Crippen LogP contribution >= 0.6 is 23.2 Å². The van der Waals surface area contributed by atoms with Crippen molar-refractivity contribution in [2.75, 3.05) is 11.8 Å². The Labute approximate surface area is 142 Å². The highest BCUT2D eigenvalue weighted by molar-refractivity contribution is 7.92. The van der Waals surface area contributed by atoms with E-state index in [9.17, 15) is 17.6 Å². The predicted molar refractivity (Wildman–Crippen MR) is 85.0 cm³/mol. The van der Waals surface area contributed by atoms with Crippen LogP contribution < -0.4 is 4.72 Å². The van der Waals surface area contributed by atoms with E-state index in [0.29, 0.717) is 0 Å². The lowest BCUT2D eigenvalue weighted by Gasteiger charge is -2.11. The van der Waals surface area contributed by atoms with Crippen molar-refractivity contribution in [2.45, 2.75) is 4.90 Å². The molecule has 0 aliphatic carbocycles. The molecule has 5 nitrogen and oxygen atoms in total. The quantitative estimate of drug-likeness (QED) is 0.824. The maximum absolute atomic E-state index is 13.8. The van der Waals surface area contributed by atoms with Crippen LogP contribution in [-0.2, 0) is 14.8 Å². The maximum atomic E-state index is 13.8. The van der Waals surface area contributed by atoms with Crippen LogP contribution in [0.4, 0.5) is 10.1 Å². The fourth-order valence-corrected chi connectivity index (χ4v) is 3.50. The number of methoxy groups -OCH3 is 1. The fourth-order valence-electron chi connectivity index (χ4n) is 1.74. The number of halogens is 3. The standard InChI is InChI=1S/C14H10Cl2FNO4S/c1-22-14(19)8-5-6-9(15)12(7-8)23(20,21)18-11-4-2-3-10(16)13(11)17/h2-7,18H,1H3. The molecule has 0 bridgehead atoms. The Bertz CT molecular complexity index is 871. The zero-order chi connectivity index (χ0) is 17.2. The largest absolute Gasteiger partial charge is 0.465 e. The first kappa shape index (κ1) is 17.5. The SMILES string of the molecule is COC(=O)c1ccc(Cl)c(S(=O)(=O)Nc2cccc(Cl)c2F)c1. The van der Waals surface area contributed by atoms with E-state index in [1.807, 2.05) is 4.72 Å². The molecular formula is C14H10Cl2FNO4S. The minimum absolute atomic E-state index is 0.0103. The Morgan fingerprint density at radius 2 is 1.87 bits per heavy atom. The summed E-state index contributed by atoms with van der Waals surface area (Å²) in [6.45, 7) is 0. The Morgan fingerprint density at radius 1 is 1.17 bits per heavy atom. The van der Waals surface area contributed by atoms with Crippen molar-refractivity contribution in [1.29, 1.82) is 0 Å². The molecule has 0 saturated carbocycles. The molecule has 1 N–H and O–H groups in total. The molecule has 0 heterocycles. The van der Waals surface area contributed by atoms with Gasteiger partial charge in [-0.25, -0.2) is 17.6 Å². The minimum atomic E-state index is -4.24. The van der Waals surface area contributed by atoms with E-state index in [-0.39, 0.29) is 26.2 Å². The molecule has 0 amide bonds. The summed E-state index contributed by atoms with van der Waals surface area (Å²) in [4.78, 5) is 11.1. The Hall–Kier alpha value is -1.83. The number of sulfonamides is 1. The summed E-state index contributed by atoms with van der Waals surface area (Å²) in [5, 5.41) is -0.368. The third kappa shape index (κ3) is 3.74. The zero-order valence-electron chi connectivity index (χ0n) is 11.6. The number of carbonyl (C=O) groups is 1. The van der Waals surface area contributed by atoms with Crippen molar-refractivity contribution < 1.29 is 22.3 Å². The van der Waals surface area contributed by atoms with Crippen molar-refractivity contribution in [3.63, 3.8) is 0 Å². The summed E-state index contributed by atoms with van der Waals surface area (Å²) >= 11 is 11.5. The van der Waals surface area contributed by atoms with Crippen LogP contribution in [0.15, 0.2) is 41.3 Å². The first-order valence-corrected chi connectivity index (χ1v) is 8.35. The monoisotopic (exact) mass is 377 g/mol. The molecule has 0 spiro atoms. The van der Waals surface area contributed by atoms with Gasteiger partial charge in [-0.3, -0.25) is 4.72 Å². The molecule has 2 rings (SSSR count). The highest BCUT2D eigenvalue weighted by atomic mass is 35.5. The van der Waals surface area contributed by atoms with Gasteiger partial charge in [0.05, 0.1) is 28.4 Å². The van der Waals surface area contributed by atoms with Gasteiger partial charge in [0.1, 0.15) is 4.90 Å². The molecule has 2 aromatic carbocycles. The highest BCUT2D eigenvalue weighted by Crippen LogP contribution is 2.28. The number of ether oxygens (including phenoxy) is 1. The minimum Gasteiger partial charge on any atom is -0.465 e. The Kier molecular flexibility index (Phi) is 5.13. The molecule has 0 unspecified atom stereocenters. The number of hydrogen-bond donors (Lipinski definition) is 1. The van der Waals surface area contributed by atoms with Crippen LogP contribution in [0.2, 0.25) is 10.0 Å². The number of esters is 1. The summed E-state index contributed by atoms with van der Waals surface area (Å²) < 4.78 is 45.2. The number of nitrogens with one attached hydrogen (secondary N) is 1. The van der Waals surface area contributed by atoms with Crippen molar-refractivity contribution in [2.24, 2.45) is 0 Å². The fraction of sp³-hybridized carbons (Fsp3) is 0.0714.